The number of nitrogens with zero attached hydrogens (tertiary/aromatic N) is 1. The quantitative estimate of drug-likeness (QED) is 0.775. The number of pyridine rings is 1. The summed E-state index contributed by atoms with van der Waals surface area (Å²) in [4.78, 5) is 15.5. The molecule has 0 saturated carbocycles. The molecule has 1 aliphatic heterocycles. The maximum absolute atomic E-state index is 11.2. The lowest BCUT2D eigenvalue weighted by Gasteiger charge is -2.29. The van der Waals surface area contributed by atoms with E-state index in [0.29, 0.717) is 12.8 Å². The van der Waals surface area contributed by atoms with Crippen LogP contribution in [0.25, 0.3) is 10.9 Å². The molecule has 3 N–H and O–H groups in total. The number of nitrogens with one attached hydrogen (secondary N) is 2. The van der Waals surface area contributed by atoms with Crippen LogP contribution in [0.4, 0.5) is 5.69 Å². The first kappa shape index (κ1) is 12.9. The molecule has 0 bridgehead atoms. The highest BCUT2D eigenvalue weighted by molar-refractivity contribution is 5.85. The molecule has 5 heteroatoms. The second kappa shape index (κ2) is 5.09. The minimum Gasteiger partial charge on any atom is -0.378 e. The van der Waals surface area contributed by atoms with Crippen LogP contribution in [0.2, 0.25) is 0 Å². The Morgan fingerprint density at radius 3 is 3.05 bits per heavy atom. The average molecular weight is 271 g/mol. The Morgan fingerprint density at radius 1 is 1.40 bits per heavy atom. The fourth-order valence-electron chi connectivity index (χ4n) is 2.53. The van der Waals surface area contributed by atoms with Crippen molar-refractivity contribution < 1.29 is 9.90 Å². The molecule has 5 nitrogen and oxygen atoms in total. The zero-order valence-corrected chi connectivity index (χ0v) is 11.3. The van der Waals surface area contributed by atoms with Gasteiger partial charge in [-0.15, -0.1) is 0 Å². The third-order valence-corrected chi connectivity index (χ3v) is 3.69. The molecule has 1 aromatic heterocycles. The monoisotopic (exact) mass is 271 g/mol. The van der Waals surface area contributed by atoms with E-state index in [-0.39, 0.29) is 11.9 Å². The average Bonchev–Trinajstić information content (AvgIpc) is 2.42. The van der Waals surface area contributed by atoms with Gasteiger partial charge >= 0.3 is 0 Å². The van der Waals surface area contributed by atoms with Gasteiger partial charge in [0.15, 0.2) is 0 Å². The van der Waals surface area contributed by atoms with Crippen molar-refractivity contribution >= 4 is 22.5 Å². The Bertz CT molecular complexity index is 657. The zero-order valence-electron chi connectivity index (χ0n) is 11.3. The van der Waals surface area contributed by atoms with Gasteiger partial charge in [0, 0.05) is 23.7 Å². The lowest BCUT2D eigenvalue weighted by molar-refractivity contribution is -0.126. The molecule has 1 aliphatic rings. The number of piperidine rings is 1. The Kier molecular flexibility index (Phi) is 3.28. The van der Waals surface area contributed by atoms with Crippen LogP contribution in [0.5, 0.6) is 0 Å². The summed E-state index contributed by atoms with van der Waals surface area (Å²) in [6.07, 6.45) is 1.99. The molecule has 2 heterocycles. The summed E-state index contributed by atoms with van der Waals surface area (Å²) in [7, 11) is 0. The lowest BCUT2D eigenvalue weighted by Crippen LogP contribution is -2.51. The first-order valence-corrected chi connectivity index (χ1v) is 6.73. The number of hydrogen-bond donors (Lipinski definition) is 3. The van der Waals surface area contributed by atoms with Crippen LogP contribution in [0.15, 0.2) is 30.5 Å². The number of rotatable bonds is 2. The molecule has 0 aliphatic carbocycles. The first-order chi connectivity index (χ1) is 9.63. The number of benzene rings is 1. The molecule has 2 unspecified atom stereocenters. The minimum atomic E-state index is -0.850. The largest absolute Gasteiger partial charge is 0.378 e. The van der Waals surface area contributed by atoms with Crippen LogP contribution in [0.1, 0.15) is 18.4 Å². The van der Waals surface area contributed by atoms with Gasteiger partial charge < -0.3 is 15.7 Å². The smallest absolute Gasteiger partial charge is 0.222 e. The number of carbonyl (C=O) groups excluding carboxylic acids is 1. The van der Waals surface area contributed by atoms with E-state index in [1.54, 1.807) is 6.20 Å². The van der Waals surface area contributed by atoms with E-state index in [2.05, 4.69) is 22.5 Å². The van der Waals surface area contributed by atoms with Crippen molar-refractivity contribution in [2.45, 2.75) is 32.0 Å². The summed E-state index contributed by atoms with van der Waals surface area (Å²) >= 11 is 0. The molecule has 1 fully saturated rings. The molecular formula is C15H17N3O2. The molecule has 104 valence electrons. The number of carbonyl (C=O) groups is 1. The molecule has 1 saturated heterocycles. The molecule has 0 radical (unpaired) electrons. The van der Waals surface area contributed by atoms with E-state index < -0.39 is 6.23 Å². The standard InChI is InChI=1S/C15H17N3O2/c1-9-6-7-16-13-8-10(2-3-11(9)13)17-12-4-5-14(19)18-15(12)20/h2-3,6-8,12,15,17,20H,4-5H2,1H3,(H,18,19). The van der Waals surface area contributed by atoms with Crippen molar-refractivity contribution in [2.24, 2.45) is 0 Å². The number of aliphatic hydroxyl groups is 1. The van der Waals surface area contributed by atoms with Gasteiger partial charge in [-0.25, -0.2) is 0 Å². The van der Waals surface area contributed by atoms with Gasteiger partial charge in [0.1, 0.15) is 6.23 Å². The molecule has 1 aromatic carbocycles. The van der Waals surface area contributed by atoms with Gasteiger partial charge in [-0.05, 0) is 37.1 Å². The van der Waals surface area contributed by atoms with Crippen LogP contribution in [0.3, 0.4) is 0 Å². The van der Waals surface area contributed by atoms with E-state index in [1.807, 2.05) is 24.3 Å². The number of hydrogen-bond acceptors (Lipinski definition) is 4. The highest BCUT2D eigenvalue weighted by Gasteiger charge is 2.26. The van der Waals surface area contributed by atoms with Crippen molar-refractivity contribution in [3.8, 4) is 0 Å². The fourth-order valence-corrected chi connectivity index (χ4v) is 2.53. The summed E-state index contributed by atoms with van der Waals surface area (Å²) in [5.41, 5.74) is 3.01. The summed E-state index contributed by atoms with van der Waals surface area (Å²) < 4.78 is 0. The highest BCUT2D eigenvalue weighted by atomic mass is 16.3. The molecule has 1 amide bonds. The molecule has 20 heavy (non-hydrogen) atoms. The topological polar surface area (TPSA) is 74.2 Å². The number of fused-ring (bicyclic) bond motifs is 1. The zero-order chi connectivity index (χ0) is 14.1. The third kappa shape index (κ3) is 2.44. The van der Waals surface area contributed by atoms with E-state index in [4.69, 9.17) is 0 Å². The fraction of sp³-hybridized carbons (Fsp3) is 0.333. The second-order valence-corrected chi connectivity index (χ2v) is 5.16. The van der Waals surface area contributed by atoms with Crippen LogP contribution < -0.4 is 10.6 Å². The van der Waals surface area contributed by atoms with E-state index in [0.717, 1.165) is 16.6 Å². The van der Waals surface area contributed by atoms with Crippen LogP contribution in [-0.4, -0.2) is 28.3 Å². The van der Waals surface area contributed by atoms with E-state index >= 15 is 0 Å². The van der Waals surface area contributed by atoms with Crippen molar-refractivity contribution in [2.75, 3.05) is 5.32 Å². The predicted molar refractivity (Wildman–Crippen MR) is 77.3 cm³/mol. The number of aromatic nitrogens is 1. The predicted octanol–water partition coefficient (Wildman–Crippen LogP) is 1.55. The Balaban J connectivity index is 1.82. The highest BCUT2D eigenvalue weighted by Crippen LogP contribution is 2.22. The molecule has 3 rings (SSSR count). The number of anilines is 1. The second-order valence-electron chi connectivity index (χ2n) is 5.16. The number of amides is 1. The van der Waals surface area contributed by atoms with Crippen LogP contribution in [-0.2, 0) is 4.79 Å². The SMILES string of the molecule is Cc1ccnc2cc(NC3CCC(=O)NC3O)ccc12. The first-order valence-electron chi connectivity index (χ1n) is 6.73. The minimum absolute atomic E-state index is 0.105. The Labute approximate surface area is 117 Å². The maximum Gasteiger partial charge on any atom is 0.222 e. The van der Waals surface area contributed by atoms with Crippen LogP contribution >= 0.6 is 0 Å². The van der Waals surface area contributed by atoms with Crippen LogP contribution in [0, 0.1) is 6.92 Å². The lowest BCUT2D eigenvalue weighted by atomic mass is 10.0. The Hall–Kier alpha value is -2.14. The van der Waals surface area contributed by atoms with E-state index in [1.165, 1.54) is 5.56 Å². The van der Waals surface area contributed by atoms with Crippen molar-refractivity contribution in [3.05, 3.63) is 36.0 Å². The van der Waals surface area contributed by atoms with Crippen molar-refractivity contribution in [3.63, 3.8) is 0 Å². The summed E-state index contributed by atoms with van der Waals surface area (Å²) in [6.45, 7) is 2.05. The summed E-state index contributed by atoms with van der Waals surface area (Å²) in [6, 6.07) is 7.77. The van der Waals surface area contributed by atoms with Gasteiger partial charge in [-0.3, -0.25) is 9.78 Å². The van der Waals surface area contributed by atoms with Gasteiger partial charge in [0.05, 0.1) is 11.6 Å². The maximum atomic E-state index is 11.2. The number of aryl methyl sites for hydroxylation is 1. The molecule has 0 spiro atoms. The van der Waals surface area contributed by atoms with Gasteiger partial charge in [0.25, 0.3) is 0 Å². The van der Waals surface area contributed by atoms with Gasteiger partial charge in [-0.2, -0.15) is 0 Å². The van der Waals surface area contributed by atoms with Gasteiger partial charge in [0.2, 0.25) is 5.91 Å². The van der Waals surface area contributed by atoms with Crippen molar-refractivity contribution in [1.29, 1.82) is 0 Å². The van der Waals surface area contributed by atoms with Gasteiger partial charge in [-0.1, -0.05) is 6.07 Å². The van der Waals surface area contributed by atoms with Crippen molar-refractivity contribution in [1.82, 2.24) is 10.3 Å². The Morgan fingerprint density at radius 2 is 2.25 bits per heavy atom. The van der Waals surface area contributed by atoms with E-state index in [9.17, 15) is 9.90 Å². The molecular weight excluding hydrogens is 254 g/mol. The molecule has 2 atom stereocenters. The number of aliphatic hydroxyl groups excluding tert-OH is 1. The summed E-state index contributed by atoms with van der Waals surface area (Å²) in [5, 5.41) is 16.8. The molecule has 2 aromatic rings. The summed E-state index contributed by atoms with van der Waals surface area (Å²) in [5.74, 6) is -0.105. The third-order valence-electron chi connectivity index (χ3n) is 3.69. The normalized spacial score (nSPS) is 22.6.